The predicted molar refractivity (Wildman–Crippen MR) is 59.9 cm³/mol. The molecular formula is C11H26N2. The highest BCUT2D eigenvalue weighted by molar-refractivity contribution is 4.67. The molecule has 0 aliphatic heterocycles. The quantitative estimate of drug-likeness (QED) is 0.630. The van der Waals surface area contributed by atoms with Gasteiger partial charge >= 0.3 is 0 Å². The maximum Gasteiger partial charge on any atom is 0.0190 e. The molecular weight excluding hydrogens is 160 g/mol. The number of nitrogens with zero attached hydrogens (tertiary/aromatic N) is 1. The fourth-order valence-corrected chi connectivity index (χ4v) is 1.42. The molecule has 2 nitrogen and oxygen atoms in total. The maximum atomic E-state index is 5.67. The second-order valence-electron chi connectivity index (χ2n) is 3.83. The Morgan fingerprint density at radius 2 is 1.54 bits per heavy atom. The van der Waals surface area contributed by atoms with Crippen LogP contribution in [0.1, 0.15) is 46.5 Å². The Morgan fingerprint density at radius 1 is 1.08 bits per heavy atom. The van der Waals surface area contributed by atoms with E-state index in [-0.39, 0.29) is 0 Å². The number of unbranched alkanes of at least 4 members (excludes halogenated alkanes) is 2. The maximum absolute atomic E-state index is 5.67. The summed E-state index contributed by atoms with van der Waals surface area (Å²) in [4.78, 5) is 2.52. The third-order valence-corrected chi connectivity index (χ3v) is 2.56. The number of rotatable bonds is 8. The van der Waals surface area contributed by atoms with Gasteiger partial charge in [0.15, 0.2) is 0 Å². The molecule has 0 aromatic rings. The van der Waals surface area contributed by atoms with Gasteiger partial charge in [-0.15, -0.1) is 0 Å². The van der Waals surface area contributed by atoms with Gasteiger partial charge in [0, 0.05) is 12.6 Å². The molecule has 0 saturated heterocycles. The van der Waals surface area contributed by atoms with Crippen molar-refractivity contribution in [3.05, 3.63) is 0 Å². The highest BCUT2D eigenvalue weighted by Gasteiger charge is 2.10. The average Bonchev–Trinajstić information content (AvgIpc) is 2.17. The van der Waals surface area contributed by atoms with Gasteiger partial charge in [-0.2, -0.15) is 0 Å². The minimum absolute atomic E-state index is 0.554. The Morgan fingerprint density at radius 3 is 1.85 bits per heavy atom. The van der Waals surface area contributed by atoms with Crippen LogP contribution < -0.4 is 5.73 Å². The summed E-state index contributed by atoms with van der Waals surface area (Å²) in [6, 6.07) is 0.554. The van der Waals surface area contributed by atoms with Crippen LogP contribution in [0, 0.1) is 0 Å². The zero-order valence-electron chi connectivity index (χ0n) is 9.55. The minimum Gasteiger partial charge on any atom is -0.329 e. The van der Waals surface area contributed by atoms with E-state index in [1.165, 1.54) is 38.8 Å². The van der Waals surface area contributed by atoms with Crippen LogP contribution in [-0.2, 0) is 0 Å². The van der Waals surface area contributed by atoms with E-state index in [1.807, 2.05) is 0 Å². The topological polar surface area (TPSA) is 29.3 Å². The largest absolute Gasteiger partial charge is 0.329 e. The molecule has 0 aliphatic carbocycles. The van der Waals surface area contributed by atoms with E-state index in [9.17, 15) is 0 Å². The van der Waals surface area contributed by atoms with Crippen molar-refractivity contribution >= 4 is 0 Å². The fraction of sp³-hybridized carbons (Fsp3) is 1.00. The first-order valence-electron chi connectivity index (χ1n) is 5.70. The third kappa shape index (κ3) is 6.05. The SMILES string of the molecule is CCCCN(CCCC)C(C)CN. The molecule has 2 N–H and O–H groups in total. The summed E-state index contributed by atoms with van der Waals surface area (Å²) in [5.74, 6) is 0. The van der Waals surface area contributed by atoms with Crippen molar-refractivity contribution in [3.8, 4) is 0 Å². The van der Waals surface area contributed by atoms with Crippen molar-refractivity contribution in [2.24, 2.45) is 5.73 Å². The van der Waals surface area contributed by atoms with Gasteiger partial charge in [0.2, 0.25) is 0 Å². The third-order valence-electron chi connectivity index (χ3n) is 2.56. The summed E-state index contributed by atoms with van der Waals surface area (Å²) >= 11 is 0. The summed E-state index contributed by atoms with van der Waals surface area (Å²) in [6.07, 6.45) is 5.15. The second-order valence-corrected chi connectivity index (χ2v) is 3.83. The first-order valence-corrected chi connectivity index (χ1v) is 5.70. The molecule has 80 valence electrons. The molecule has 2 heteroatoms. The van der Waals surface area contributed by atoms with Gasteiger partial charge in [0.25, 0.3) is 0 Å². The molecule has 0 bridgehead atoms. The Bertz CT molecular complexity index is 96.3. The lowest BCUT2D eigenvalue weighted by Crippen LogP contribution is -2.39. The smallest absolute Gasteiger partial charge is 0.0190 e. The van der Waals surface area contributed by atoms with Gasteiger partial charge in [0.05, 0.1) is 0 Å². The molecule has 0 fully saturated rings. The van der Waals surface area contributed by atoms with Crippen molar-refractivity contribution in [2.75, 3.05) is 19.6 Å². The molecule has 0 aromatic carbocycles. The highest BCUT2D eigenvalue weighted by Crippen LogP contribution is 2.03. The lowest BCUT2D eigenvalue weighted by Gasteiger charge is -2.27. The van der Waals surface area contributed by atoms with Crippen LogP contribution in [0.5, 0.6) is 0 Å². The van der Waals surface area contributed by atoms with Gasteiger partial charge in [-0.1, -0.05) is 26.7 Å². The summed E-state index contributed by atoms with van der Waals surface area (Å²) in [5, 5.41) is 0. The van der Waals surface area contributed by atoms with Crippen LogP contribution in [0.4, 0.5) is 0 Å². The lowest BCUT2D eigenvalue weighted by atomic mass is 10.2. The Labute approximate surface area is 83.5 Å². The molecule has 0 aliphatic rings. The molecule has 0 radical (unpaired) electrons. The molecule has 0 rings (SSSR count). The van der Waals surface area contributed by atoms with Gasteiger partial charge in [-0.3, -0.25) is 4.90 Å². The summed E-state index contributed by atoms with van der Waals surface area (Å²) < 4.78 is 0. The monoisotopic (exact) mass is 186 g/mol. The summed E-state index contributed by atoms with van der Waals surface area (Å²) in [5.41, 5.74) is 5.67. The Kier molecular flexibility index (Phi) is 8.46. The zero-order valence-corrected chi connectivity index (χ0v) is 9.55. The van der Waals surface area contributed by atoms with Crippen molar-refractivity contribution < 1.29 is 0 Å². The van der Waals surface area contributed by atoms with Gasteiger partial charge in [-0.25, -0.2) is 0 Å². The molecule has 0 amide bonds. The molecule has 0 heterocycles. The summed E-state index contributed by atoms with van der Waals surface area (Å²) in [7, 11) is 0. The molecule has 1 unspecified atom stereocenters. The normalized spacial score (nSPS) is 13.6. The van der Waals surface area contributed by atoms with Gasteiger partial charge in [0.1, 0.15) is 0 Å². The van der Waals surface area contributed by atoms with Gasteiger partial charge < -0.3 is 5.73 Å². The van der Waals surface area contributed by atoms with E-state index < -0.39 is 0 Å². The van der Waals surface area contributed by atoms with E-state index in [1.54, 1.807) is 0 Å². The van der Waals surface area contributed by atoms with Crippen molar-refractivity contribution in [1.29, 1.82) is 0 Å². The molecule has 0 spiro atoms. The molecule has 0 saturated carbocycles. The standard InChI is InChI=1S/C11H26N2/c1-4-6-8-13(9-7-5-2)11(3)10-12/h11H,4-10,12H2,1-3H3. The second kappa shape index (κ2) is 8.52. The fourth-order valence-electron chi connectivity index (χ4n) is 1.42. The Hall–Kier alpha value is -0.0800. The van der Waals surface area contributed by atoms with E-state index in [4.69, 9.17) is 5.73 Å². The number of hydrogen-bond donors (Lipinski definition) is 1. The molecule has 0 aromatic heterocycles. The van der Waals surface area contributed by atoms with E-state index in [0.29, 0.717) is 6.04 Å². The van der Waals surface area contributed by atoms with Crippen LogP contribution in [-0.4, -0.2) is 30.6 Å². The van der Waals surface area contributed by atoms with E-state index in [0.717, 1.165) is 6.54 Å². The van der Waals surface area contributed by atoms with Crippen LogP contribution in [0.25, 0.3) is 0 Å². The molecule has 1 atom stereocenters. The minimum atomic E-state index is 0.554. The zero-order chi connectivity index (χ0) is 10.1. The average molecular weight is 186 g/mol. The first-order chi connectivity index (χ1) is 6.26. The van der Waals surface area contributed by atoms with Crippen molar-refractivity contribution in [2.45, 2.75) is 52.5 Å². The predicted octanol–water partition coefficient (Wildman–Crippen LogP) is 2.24. The van der Waals surface area contributed by atoms with Crippen LogP contribution >= 0.6 is 0 Å². The van der Waals surface area contributed by atoms with Crippen LogP contribution in [0.15, 0.2) is 0 Å². The number of hydrogen-bond acceptors (Lipinski definition) is 2. The van der Waals surface area contributed by atoms with Crippen molar-refractivity contribution in [1.82, 2.24) is 4.90 Å². The lowest BCUT2D eigenvalue weighted by molar-refractivity contribution is 0.207. The van der Waals surface area contributed by atoms with Crippen LogP contribution in [0.2, 0.25) is 0 Å². The van der Waals surface area contributed by atoms with Gasteiger partial charge in [-0.05, 0) is 32.9 Å². The summed E-state index contributed by atoms with van der Waals surface area (Å²) in [6.45, 7) is 9.93. The van der Waals surface area contributed by atoms with E-state index in [2.05, 4.69) is 25.7 Å². The van der Waals surface area contributed by atoms with Crippen LogP contribution in [0.3, 0.4) is 0 Å². The van der Waals surface area contributed by atoms with E-state index >= 15 is 0 Å². The highest BCUT2D eigenvalue weighted by atomic mass is 15.2. The Balaban J connectivity index is 3.72. The van der Waals surface area contributed by atoms with Crippen molar-refractivity contribution in [3.63, 3.8) is 0 Å². The number of nitrogens with two attached hydrogens (primary N) is 1. The molecule has 13 heavy (non-hydrogen) atoms. The first kappa shape index (κ1) is 12.9.